The molecule has 1 nitrogen and oxygen atoms in total. The van der Waals surface area contributed by atoms with E-state index in [1.807, 2.05) is 0 Å². The normalized spacial score (nSPS) is 14.8. The molecule has 0 spiro atoms. The first kappa shape index (κ1) is 15.7. The van der Waals surface area contributed by atoms with Crippen LogP contribution in [0.5, 0.6) is 0 Å². The van der Waals surface area contributed by atoms with Gasteiger partial charge >= 0.3 is 12.4 Å². The van der Waals surface area contributed by atoms with Gasteiger partial charge in [0, 0.05) is 0 Å². The zero-order valence-electron chi connectivity index (χ0n) is 8.99. The summed E-state index contributed by atoms with van der Waals surface area (Å²) < 4.78 is 99.0. The van der Waals surface area contributed by atoms with E-state index in [-0.39, 0.29) is 18.2 Å². The van der Waals surface area contributed by atoms with Crippen LogP contribution in [0, 0.1) is 0 Å². The summed E-state index contributed by atoms with van der Waals surface area (Å²) in [5.74, 6) is 0. The van der Waals surface area contributed by atoms with E-state index in [0.717, 1.165) is 0 Å². The van der Waals surface area contributed by atoms with Gasteiger partial charge < -0.3 is 5.73 Å². The second kappa shape index (κ2) is 4.95. The van der Waals surface area contributed by atoms with Crippen LogP contribution in [0.3, 0.4) is 0 Å². The minimum absolute atomic E-state index is 0.151. The molecule has 2 N–H and O–H groups in total. The van der Waals surface area contributed by atoms with E-state index in [1.165, 1.54) is 0 Å². The van der Waals surface area contributed by atoms with Crippen molar-refractivity contribution in [2.75, 3.05) is 0 Å². The van der Waals surface area contributed by atoms with Crippen LogP contribution >= 0.6 is 0 Å². The lowest BCUT2D eigenvalue weighted by Crippen LogP contribution is -2.21. The Labute approximate surface area is 102 Å². The molecule has 0 bridgehead atoms. The second-order valence-electron chi connectivity index (χ2n) is 3.70. The molecule has 1 rings (SSSR count). The smallest absolute Gasteiger partial charge is 0.319 e. The second-order valence-corrected chi connectivity index (χ2v) is 3.70. The summed E-state index contributed by atoms with van der Waals surface area (Å²) in [6.07, 6.45) is -13.4. The van der Waals surface area contributed by atoms with Crippen LogP contribution in [0.1, 0.15) is 22.7 Å². The first-order valence-corrected chi connectivity index (χ1v) is 4.76. The van der Waals surface area contributed by atoms with Gasteiger partial charge in [-0.25, -0.2) is 8.78 Å². The van der Waals surface area contributed by atoms with Crippen molar-refractivity contribution < 1.29 is 35.1 Å². The van der Waals surface area contributed by atoms with Crippen molar-refractivity contribution in [3.63, 3.8) is 0 Å². The van der Waals surface area contributed by atoms with Crippen LogP contribution in [0.2, 0.25) is 0 Å². The van der Waals surface area contributed by atoms with E-state index in [4.69, 9.17) is 5.73 Å². The largest absolute Gasteiger partial charge is 0.416 e. The van der Waals surface area contributed by atoms with Gasteiger partial charge in [-0.2, -0.15) is 26.3 Å². The molecule has 1 atom stereocenters. The highest BCUT2D eigenvalue weighted by Crippen LogP contribution is 2.37. The first-order valence-electron chi connectivity index (χ1n) is 4.76. The van der Waals surface area contributed by atoms with Gasteiger partial charge in [-0.15, -0.1) is 0 Å². The molecule has 0 aliphatic carbocycles. The average molecular weight is 293 g/mol. The van der Waals surface area contributed by atoms with Gasteiger partial charge in [0.05, 0.1) is 17.2 Å². The maximum atomic E-state index is 12.4. The van der Waals surface area contributed by atoms with Gasteiger partial charge in [-0.05, 0) is 23.8 Å². The Morgan fingerprint density at radius 2 is 1.16 bits per heavy atom. The Hall–Kier alpha value is -1.38. The molecule has 0 aliphatic rings. The van der Waals surface area contributed by atoms with E-state index in [0.29, 0.717) is 0 Å². The lowest BCUT2D eigenvalue weighted by atomic mass is 10.0. The lowest BCUT2D eigenvalue weighted by molar-refractivity contribution is -0.143. The molecule has 0 unspecified atom stereocenters. The van der Waals surface area contributed by atoms with Crippen molar-refractivity contribution in [3.05, 3.63) is 34.9 Å². The molecule has 0 amide bonds. The monoisotopic (exact) mass is 293 g/mol. The fourth-order valence-corrected chi connectivity index (χ4v) is 1.32. The highest BCUT2D eigenvalue weighted by molar-refractivity contribution is 5.35. The van der Waals surface area contributed by atoms with Crippen molar-refractivity contribution in [1.82, 2.24) is 0 Å². The van der Waals surface area contributed by atoms with E-state index in [2.05, 4.69) is 0 Å². The molecular weight excluding hydrogens is 286 g/mol. The van der Waals surface area contributed by atoms with Crippen molar-refractivity contribution in [1.29, 1.82) is 0 Å². The SMILES string of the molecule is N[C@H](c1cc(C(F)(F)F)cc(C(F)(F)F)c1)C(F)F. The lowest BCUT2D eigenvalue weighted by Gasteiger charge is -2.17. The Kier molecular flexibility index (Phi) is 4.08. The van der Waals surface area contributed by atoms with Crippen LogP contribution in [0.25, 0.3) is 0 Å². The molecular formula is C10H7F8N. The average Bonchev–Trinajstić information content (AvgIpc) is 2.24. The van der Waals surface area contributed by atoms with Crippen LogP contribution in [0.15, 0.2) is 18.2 Å². The van der Waals surface area contributed by atoms with Gasteiger partial charge in [0.15, 0.2) is 0 Å². The Morgan fingerprint density at radius 3 is 1.42 bits per heavy atom. The zero-order valence-corrected chi connectivity index (χ0v) is 8.99. The predicted octanol–water partition coefficient (Wildman–Crippen LogP) is 3.99. The van der Waals surface area contributed by atoms with Crippen molar-refractivity contribution in [2.24, 2.45) is 5.73 Å². The molecule has 19 heavy (non-hydrogen) atoms. The summed E-state index contributed by atoms with van der Waals surface area (Å²) in [4.78, 5) is 0. The molecule has 0 aliphatic heterocycles. The first-order chi connectivity index (χ1) is 8.43. The predicted molar refractivity (Wildman–Crippen MR) is 49.4 cm³/mol. The van der Waals surface area contributed by atoms with Gasteiger partial charge in [-0.3, -0.25) is 0 Å². The molecule has 1 aromatic carbocycles. The summed E-state index contributed by atoms with van der Waals surface area (Å²) >= 11 is 0. The third kappa shape index (κ3) is 3.79. The highest BCUT2D eigenvalue weighted by Gasteiger charge is 2.37. The molecule has 0 aromatic heterocycles. The Morgan fingerprint density at radius 1 is 0.789 bits per heavy atom. The third-order valence-corrected chi connectivity index (χ3v) is 2.27. The zero-order chi connectivity index (χ0) is 15.0. The van der Waals surface area contributed by atoms with Crippen molar-refractivity contribution in [3.8, 4) is 0 Å². The maximum Gasteiger partial charge on any atom is 0.416 e. The summed E-state index contributed by atoms with van der Waals surface area (Å²) in [6.45, 7) is 0. The van der Waals surface area contributed by atoms with Crippen LogP contribution in [-0.4, -0.2) is 6.43 Å². The fourth-order valence-electron chi connectivity index (χ4n) is 1.32. The molecule has 108 valence electrons. The summed E-state index contributed by atoms with van der Waals surface area (Å²) in [5.41, 5.74) is 0.613. The van der Waals surface area contributed by atoms with E-state index < -0.39 is 41.5 Å². The summed E-state index contributed by atoms with van der Waals surface area (Å²) in [7, 11) is 0. The maximum absolute atomic E-state index is 12.4. The third-order valence-electron chi connectivity index (χ3n) is 2.27. The topological polar surface area (TPSA) is 26.0 Å². The van der Waals surface area contributed by atoms with Crippen LogP contribution < -0.4 is 5.73 Å². The standard InChI is InChI=1S/C10H7F8N/c11-8(12)7(19)4-1-5(9(13,14)15)3-6(2-4)10(16,17)18/h1-3,7-8H,19H2/t7-/m1/s1. The van der Waals surface area contributed by atoms with Crippen LogP contribution in [-0.2, 0) is 12.4 Å². The van der Waals surface area contributed by atoms with Crippen molar-refractivity contribution in [2.45, 2.75) is 24.8 Å². The summed E-state index contributed by atoms with van der Waals surface area (Å²) in [5, 5.41) is 0. The molecule has 0 radical (unpaired) electrons. The van der Waals surface area contributed by atoms with Gasteiger partial charge in [0.2, 0.25) is 0 Å². The Bertz CT molecular complexity index is 416. The Balaban J connectivity index is 3.41. The molecule has 0 heterocycles. The van der Waals surface area contributed by atoms with E-state index in [1.54, 1.807) is 0 Å². The van der Waals surface area contributed by atoms with E-state index >= 15 is 0 Å². The number of halogens is 8. The highest BCUT2D eigenvalue weighted by atomic mass is 19.4. The minimum Gasteiger partial charge on any atom is -0.319 e. The molecule has 1 aromatic rings. The number of hydrogen-bond donors (Lipinski definition) is 1. The van der Waals surface area contributed by atoms with Crippen LogP contribution in [0.4, 0.5) is 35.1 Å². The van der Waals surface area contributed by atoms with Gasteiger partial charge in [0.1, 0.15) is 0 Å². The number of rotatable bonds is 2. The number of hydrogen-bond acceptors (Lipinski definition) is 1. The van der Waals surface area contributed by atoms with Crippen molar-refractivity contribution >= 4 is 0 Å². The molecule has 0 saturated heterocycles. The molecule has 9 heteroatoms. The van der Waals surface area contributed by atoms with Gasteiger partial charge in [-0.1, -0.05) is 0 Å². The molecule has 0 fully saturated rings. The quantitative estimate of drug-likeness (QED) is 0.820. The molecule has 0 saturated carbocycles. The summed E-state index contributed by atoms with van der Waals surface area (Å²) in [6, 6.07) is -2.00. The fraction of sp³-hybridized carbons (Fsp3) is 0.400. The minimum atomic E-state index is -5.09. The van der Waals surface area contributed by atoms with Gasteiger partial charge in [0.25, 0.3) is 6.43 Å². The number of nitrogens with two attached hydrogens (primary N) is 1. The number of benzene rings is 1. The van der Waals surface area contributed by atoms with E-state index in [9.17, 15) is 35.1 Å². The number of alkyl halides is 8.